The summed E-state index contributed by atoms with van der Waals surface area (Å²) in [6.45, 7) is 4.82. The summed E-state index contributed by atoms with van der Waals surface area (Å²) < 4.78 is 0. The van der Waals surface area contributed by atoms with Crippen LogP contribution in [0.4, 0.5) is 0 Å². The Morgan fingerprint density at radius 3 is 2.60 bits per heavy atom. The van der Waals surface area contributed by atoms with Crippen LogP contribution in [0.25, 0.3) is 0 Å². The van der Waals surface area contributed by atoms with Crippen LogP contribution in [0, 0.1) is 5.92 Å². The van der Waals surface area contributed by atoms with Crippen LogP contribution >= 0.6 is 0 Å². The zero-order valence-electron chi connectivity index (χ0n) is 10.1. The van der Waals surface area contributed by atoms with Crippen LogP contribution in [0.3, 0.4) is 0 Å². The van der Waals surface area contributed by atoms with E-state index in [2.05, 4.69) is 17.6 Å². The molecule has 88 valence electrons. The monoisotopic (exact) mass is 210 g/mol. The van der Waals surface area contributed by atoms with Gasteiger partial charge in [-0.2, -0.15) is 0 Å². The van der Waals surface area contributed by atoms with Crippen LogP contribution in [0.1, 0.15) is 51.9 Å². The van der Waals surface area contributed by atoms with E-state index >= 15 is 0 Å². The first-order chi connectivity index (χ1) is 7.36. The lowest BCUT2D eigenvalue weighted by molar-refractivity contribution is 0.326. The van der Waals surface area contributed by atoms with Crippen molar-refractivity contribution in [1.29, 1.82) is 0 Å². The minimum Gasteiger partial charge on any atom is -0.317 e. The van der Waals surface area contributed by atoms with Gasteiger partial charge in [0.2, 0.25) is 0 Å². The highest BCUT2D eigenvalue weighted by molar-refractivity contribution is 4.82. The molecule has 2 heteroatoms. The molecule has 0 bridgehead atoms. The highest BCUT2D eigenvalue weighted by atomic mass is 15.0. The van der Waals surface area contributed by atoms with Crippen molar-refractivity contribution in [2.24, 2.45) is 5.92 Å². The quantitative estimate of drug-likeness (QED) is 0.747. The zero-order chi connectivity index (χ0) is 10.5. The molecule has 2 rings (SSSR count). The predicted octanol–water partition coefficient (Wildman–Crippen LogP) is 2.30. The minimum absolute atomic E-state index is 0.746. The molecule has 0 amide bonds. The van der Waals surface area contributed by atoms with E-state index in [1.165, 1.54) is 58.0 Å². The van der Waals surface area contributed by atoms with Gasteiger partial charge in [-0.3, -0.25) is 0 Å². The van der Waals surface area contributed by atoms with Crippen molar-refractivity contribution in [3.05, 3.63) is 0 Å². The largest absolute Gasteiger partial charge is 0.317 e. The van der Waals surface area contributed by atoms with Gasteiger partial charge in [0.25, 0.3) is 0 Å². The van der Waals surface area contributed by atoms with E-state index in [4.69, 9.17) is 0 Å². The Hall–Kier alpha value is -0.0800. The molecular formula is C13H26N2. The van der Waals surface area contributed by atoms with Gasteiger partial charge < -0.3 is 10.6 Å². The van der Waals surface area contributed by atoms with Gasteiger partial charge in [0.1, 0.15) is 0 Å². The third-order valence-corrected chi connectivity index (χ3v) is 4.18. The summed E-state index contributed by atoms with van der Waals surface area (Å²) in [6.07, 6.45) is 9.86. The third kappa shape index (κ3) is 3.46. The highest BCUT2D eigenvalue weighted by Crippen LogP contribution is 2.28. The zero-order valence-corrected chi connectivity index (χ0v) is 10.1. The minimum atomic E-state index is 0.746. The Balaban J connectivity index is 1.73. The topological polar surface area (TPSA) is 24.1 Å². The van der Waals surface area contributed by atoms with Crippen molar-refractivity contribution >= 4 is 0 Å². The van der Waals surface area contributed by atoms with Crippen LogP contribution in [-0.4, -0.2) is 25.2 Å². The molecule has 2 nitrogen and oxygen atoms in total. The van der Waals surface area contributed by atoms with E-state index in [9.17, 15) is 0 Å². The molecule has 1 saturated heterocycles. The van der Waals surface area contributed by atoms with Crippen LogP contribution in [-0.2, 0) is 0 Å². The number of hydrogen-bond donors (Lipinski definition) is 2. The van der Waals surface area contributed by atoms with E-state index in [0.29, 0.717) is 0 Å². The SMILES string of the molecule is CC(NC1CCCNCC1)C1CCCC1. The molecule has 0 aromatic carbocycles. The van der Waals surface area contributed by atoms with E-state index in [1.807, 2.05) is 0 Å². The average Bonchev–Trinajstić information content (AvgIpc) is 2.65. The summed E-state index contributed by atoms with van der Waals surface area (Å²) in [5.41, 5.74) is 0. The molecule has 0 spiro atoms. The molecular weight excluding hydrogens is 184 g/mol. The van der Waals surface area contributed by atoms with Gasteiger partial charge in [-0.05, 0) is 58.0 Å². The van der Waals surface area contributed by atoms with Crippen molar-refractivity contribution in [2.75, 3.05) is 13.1 Å². The Kier molecular flexibility index (Phi) is 4.45. The van der Waals surface area contributed by atoms with Gasteiger partial charge in [0.05, 0.1) is 0 Å². The molecule has 2 fully saturated rings. The molecule has 2 unspecified atom stereocenters. The van der Waals surface area contributed by atoms with Crippen LogP contribution in [0.5, 0.6) is 0 Å². The molecule has 2 atom stereocenters. The van der Waals surface area contributed by atoms with Crippen LogP contribution in [0.2, 0.25) is 0 Å². The van der Waals surface area contributed by atoms with Crippen molar-refractivity contribution in [1.82, 2.24) is 10.6 Å². The van der Waals surface area contributed by atoms with Gasteiger partial charge in [0, 0.05) is 12.1 Å². The Morgan fingerprint density at radius 1 is 1.00 bits per heavy atom. The summed E-state index contributed by atoms with van der Waals surface area (Å²) >= 11 is 0. The number of nitrogens with one attached hydrogen (secondary N) is 2. The molecule has 1 saturated carbocycles. The summed E-state index contributed by atoms with van der Waals surface area (Å²) in [5, 5.41) is 7.34. The predicted molar refractivity (Wildman–Crippen MR) is 65.1 cm³/mol. The fourth-order valence-corrected chi connectivity index (χ4v) is 3.15. The summed E-state index contributed by atoms with van der Waals surface area (Å²) in [4.78, 5) is 0. The molecule has 15 heavy (non-hydrogen) atoms. The van der Waals surface area contributed by atoms with Gasteiger partial charge in [-0.15, -0.1) is 0 Å². The average molecular weight is 210 g/mol. The number of hydrogen-bond acceptors (Lipinski definition) is 2. The van der Waals surface area contributed by atoms with Crippen molar-refractivity contribution in [3.8, 4) is 0 Å². The van der Waals surface area contributed by atoms with Gasteiger partial charge >= 0.3 is 0 Å². The molecule has 0 aromatic rings. The first-order valence-electron chi connectivity index (χ1n) is 6.83. The van der Waals surface area contributed by atoms with Crippen molar-refractivity contribution in [3.63, 3.8) is 0 Å². The molecule has 0 aromatic heterocycles. The maximum Gasteiger partial charge on any atom is 0.00822 e. The molecule has 2 aliphatic rings. The van der Waals surface area contributed by atoms with Gasteiger partial charge in [0.15, 0.2) is 0 Å². The second-order valence-corrected chi connectivity index (χ2v) is 5.38. The first-order valence-corrected chi connectivity index (χ1v) is 6.83. The fourth-order valence-electron chi connectivity index (χ4n) is 3.15. The van der Waals surface area contributed by atoms with E-state index in [-0.39, 0.29) is 0 Å². The Bertz CT molecular complexity index is 167. The van der Waals surface area contributed by atoms with Crippen molar-refractivity contribution < 1.29 is 0 Å². The maximum absolute atomic E-state index is 3.86. The smallest absolute Gasteiger partial charge is 0.00822 e. The molecule has 1 heterocycles. The molecule has 1 aliphatic heterocycles. The fraction of sp³-hybridized carbons (Fsp3) is 1.00. The maximum atomic E-state index is 3.86. The van der Waals surface area contributed by atoms with E-state index in [0.717, 1.165) is 18.0 Å². The standard InChI is InChI=1S/C13H26N2/c1-11(12-5-2-3-6-12)15-13-7-4-9-14-10-8-13/h11-15H,2-10H2,1H3. The van der Waals surface area contributed by atoms with Gasteiger partial charge in [-0.25, -0.2) is 0 Å². The number of rotatable bonds is 3. The second-order valence-electron chi connectivity index (χ2n) is 5.38. The highest BCUT2D eigenvalue weighted by Gasteiger charge is 2.23. The lowest BCUT2D eigenvalue weighted by atomic mass is 9.97. The van der Waals surface area contributed by atoms with Gasteiger partial charge in [-0.1, -0.05) is 12.8 Å². The lowest BCUT2D eigenvalue weighted by Gasteiger charge is -2.26. The summed E-state index contributed by atoms with van der Waals surface area (Å²) in [7, 11) is 0. The molecule has 0 radical (unpaired) electrons. The van der Waals surface area contributed by atoms with E-state index in [1.54, 1.807) is 0 Å². The normalized spacial score (nSPS) is 31.4. The summed E-state index contributed by atoms with van der Waals surface area (Å²) in [5.74, 6) is 0.959. The van der Waals surface area contributed by atoms with Crippen molar-refractivity contribution in [2.45, 2.75) is 64.0 Å². The first kappa shape index (κ1) is 11.4. The second kappa shape index (κ2) is 5.86. The van der Waals surface area contributed by atoms with Crippen LogP contribution in [0.15, 0.2) is 0 Å². The van der Waals surface area contributed by atoms with Crippen LogP contribution < -0.4 is 10.6 Å². The Labute approximate surface area is 94.2 Å². The third-order valence-electron chi connectivity index (χ3n) is 4.18. The lowest BCUT2D eigenvalue weighted by Crippen LogP contribution is -2.40. The van der Waals surface area contributed by atoms with E-state index < -0.39 is 0 Å². The molecule has 2 N–H and O–H groups in total. The summed E-state index contributed by atoms with van der Waals surface area (Å²) in [6, 6.07) is 1.52. The Morgan fingerprint density at radius 2 is 1.80 bits per heavy atom. The molecule has 1 aliphatic carbocycles.